The lowest BCUT2D eigenvalue weighted by Gasteiger charge is -2.01. The molecule has 0 saturated heterocycles. The van der Waals surface area contributed by atoms with Crippen molar-refractivity contribution in [3.63, 3.8) is 0 Å². The Balaban J connectivity index is 2.23. The minimum atomic E-state index is 0.530. The summed E-state index contributed by atoms with van der Waals surface area (Å²) in [5.41, 5.74) is 0.897. The summed E-state index contributed by atoms with van der Waals surface area (Å²) >= 11 is 2.01. The van der Waals surface area contributed by atoms with Gasteiger partial charge < -0.3 is 9.26 Å². The zero-order valence-electron chi connectivity index (χ0n) is 8.11. The number of rotatable bonds is 3. The smallest absolute Gasteiger partial charge is 0.258 e. The lowest BCUT2D eigenvalue weighted by atomic mass is 10.2. The third kappa shape index (κ3) is 2.47. The Kier molecular flexibility index (Phi) is 3.20. The van der Waals surface area contributed by atoms with Crippen LogP contribution in [-0.4, -0.2) is 16.7 Å². The summed E-state index contributed by atoms with van der Waals surface area (Å²) in [4.78, 5) is 4.12. The summed E-state index contributed by atoms with van der Waals surface area (Å²) in [5.74, 6) is 1.37. The van der Waals surface area contributed by atoms with Crippen LogP contribution in [0, 0.1) is 3.83 Å². The zero-order valence-corrected chi connectivity index (χ0v) is 10.3. The van der Waals surface area contributed by atoms with Gasteiger partial charge in [0.1, 0.15) is 5.75 Å². The molecule has 0 atom stereocenters. The molecule has 0 aliphatic carbocycles. The van der Waals surface area contributed by atoms with Gasteiger partial charge in [-0.2, -0.15) is 4.98 Å². The lowest BCUT2D eigenvalue weighted by molar-refractivity contribution is 0.340. The molecule has 15 heavy (non-hydrogen) atoms. The SMILES string of the molecule is CCOc1ccc(-c2nc(I)no2)cc1. The third-order valence-electron chi connectivity index (χ3n) is 1.81. The number of halogens is 1. The first-order valence-corrected chi connectivity index (χ1v) is 5.60. The quantitative estimate of drug-likeness (QED) is 0.817. The molecule has 0 N–H and O–H groups in total. The summed E-state index contributed by atoms with van der Waals surface area (Å²) in [6, 6.07) is 7.56. The first-order valence-electron chi connectivity index (χ1n) is 4.52. The molecule has 0 bridgehead atoms. The standard InChI is InChI=1S/C10H9IN2O2/c1-2-14-8-5-3-7(4-6-8)9-12-10(11)13-15-9/h3-6H,2H2,1H3. The molecular weight excluding hydrogens is 307 g/mol. The Labute approximate surface area is 101 Å². The average Bonchev–Trinajstić information content (AvgIpc) is 2.67. The van der Waals surface area contributed by atoms with E-state index in [1.165, 1.54) is 0 Å². The predicted octanol–water partition coefficient (Wildman–Crippen LogP) is 2.74. The van der Waals surface area contributed by atoms with E-state index in [0.717, 1.165) is 11.3 Å². The van der Waals surface area contributed by atoms with Crippen molar-refractivity contribution in [3.05, 3.63) is 28.1 Å². The summed E-state index contributed by atoms with van der Waals surface area (Å²) in [6.07, 6.45) is 0. The van der Waals surface area contributed by atoms with Crippen molar-refractivity contribution < 1.29 is 9.26 Å². The van der Waals surface area contributed by atoms with Crippen LogP contribution in [0.5, 0.6) is 5.75 Å². The number of ether oxygens (including phenoxy) is 1. The highest BCUT2D eigenvalue weighted by atomic mass is 127. The van der Waals surface area contributed by atoms with E-state index < -0.39 is 0 Å². The van der Waals surface area contributed by atoms with Gasteiger partial charge in [-0.25, -0.2) is 0 Å². The first kappa shape index (κ1) is 10.4. The van der Waals surface area contributed by atoms with Crippen LogP contribution in [0.2, 0.25) is 0 Å². The largest absolute Gasteiger partial charge is 0.494 e. The Bertz CT molecular complexity index is 439. The van der Waals surface area contributed by atoms with Crippen LogP contribution in [0.4, 0.5) is 0 Å². The zero-order chi connectivity index (χ0) is 10.7. The molecule has 1 aromatic heterocycles. The molecule has 0 aliphatic rings. The van der Waals surface area contributed by atoms with Crippen LogP contribution in [0.15, 0.2) is 28.8 Å². The Morgan fingerprint density at radius 1 is 1.33 bits per heavy atom. The van der Waals surface area contributed by atoms with E-state index in [-0.39, 0.29) is 0 Å². The van der Waals surface area contributed by atoms with Gasteiger partial charge in [0.05, 0.1) is 6.61 Å². The predicted molar refractivity (Wildman–Crippen MR) is 63.6 cm³/mol. The van der Waals surface area contributed by atoms with E-state index in [0.29, 0.717) is 16.3 Å². The van der Waals surface area contributed by atoms with Crippen LogP contribution in [0.3, 0.4) is 0 Å². The fourth-order valence-corrected chi connectivity index (χ4v) is 1.50. The fraction of sp³-hybridized carbons (Fsp3) is 0.200. The van der Waals surface area contributed by atoms with Gasteiger partial charge in [0.25, 0.3) is 5.89 Å². The van der Waals surface area contributed by atoms with Gasteiger partial charge >= 0.3 is 0 Å². The highest BCUT2D eigenvalue weighted by Crippen LogP contribution is 2.21. The molecule has 0 fully saturated rings. The van der Waals surface area contributed by atoms with Crippen LogP contribution >= 0.6 is 22.6 Å². The third-order valence-corrected chi connectivity index (χ3v) is 2.25. The summed E-state index contributed by atoms with van der Waals surface area (Å²) in [6.45, 7) is 2.62. The maximum absolute atomic E-state index is 5.33. The molecule has 1 heterocycles. The topological polar surface area (TPSA) is 48.2 Å². The molecule has 1 aromatic carbocycles. The highest BCUT2D eigenvalue weighted by Gasteiger charge is 2.06. The Hall–Kier alpha value is -1.11. The maximum atomic E-state index is 5.33. The minimum Gasteiger partial charge on any atom is -0.494 e. The van der Waals surface area contributed by atoms with Crippen molar-refractivity contribution in [3.8, 4) is 17.2 Å². The molecule has 2 rings (SSSR count). The van der Waals surface area contributed by atoms with E-state index >= 15 is 0 Å². The summed E-state index contributed by atoms with van der Waals surface area (Å²) in [5, 5.41) is 3.72. The summed E-state index contributed by atoms with van der Waals surface area (Å²) in [7, 11) is 0. The van der Waals surface area contributed by atoms with Crippen LogP contribution in [0.25, 0.3) is 11.5 Å². The van der Waals surface area contributed by atoms with E-state index in [1.807, 2.05) is 53.8 Å². The van der Waals surface area contributed by atoms with Crippen LogP contribution in [-0.2, 0) is 0 Å². The van der Waals surface area contributed by atoms with Crippen LogP contribution < -0.4 is 4.74 Å². The van der Waals surface area contributed by atoms with Gasteiger partial charge in [0, 0.05) is 28.2 Å². The van der Waals surface area contributed by atoms with Gasteiger partial charge in [-0.05, 0) is 31.2 Å². The maximum Gasteiger partial charge on any atom is 0.258 e. The molecule has 78 valence electrons. The molecule has 2 aromatic rings. The number of benzene rings is 1. The van der Waals surface area contributed by atoms with Crippen molar-refractivity contribution in [1.29, 1.82) is 0 Å². The van der Waals surface area contributed by atoms with Crippen molar-refractivity contribution in [2.75, 3.05) is 6.61 Å². The number of hydrogen-bond donors (Lipinski definition) is 0. The molecule has 0 amide bonds. The second-order valence-corrected chi connectivity index (χ2v) is 3.79. The van der Waals surface area contributed by atoms with Gasteiger partial charge in [0.2, 0.25) is 3.83 Å². The normalized spacial score (nSPS) is 10.3. The average molecular weight is 316 g/mol. The first-order chi connectivity index (χ1) is 7.29. The minimum absolute atomic E-state index is 0.530. The van der Waals surface area contributed by atoms with E-state index in [1.54, 1.807) is 0 Å². The lowest BCUT2D eigenvalue weighted by Crippen LogP contribution is -1.90. The second kappa shape index (κ2) is 4.61. The van der Waals surface area contributed by atoms with Gasteiger partial charge in [0.15, 0.2) is 0 Å². The molecule has 0 radical (unpaired) electrons. The Morgan fingerprint density at radius 2 is 2.07 bits per heavy atom. The van der Waals surface area contributed by atoms with Crippen molar-refractivity contribution in [2.45, 2.75) is 6.92 Å². The second-order valence-electron chi connectivity index (χ2n) is 2.83. The molecule has 4 nitrogen and oxygen atoms in total. The fourth-order valence-electron chi connectivity index (χ4n) is 1.18. The molecule has 0 unspecified atom stereocenters. The van der Waals surface area contributed by atoms with Crippen molar-refractivity contribution in [1.82, 2.24) is 10.1 Å². The molecule has 0 spiro atoms. The molecule has 0 aliphatic heterocycles. The monoisotopic (exact) mass is 316 g/mol. The van der Waals surface area contributed by atoms with Crippen molar-refractivity contribution in [2.24, 2.45) is 0 Å². The van der Waals surface area contributed by atoms with Gasteiger partial charge in [-0.3, -0.25) is 0 Å². The van der Waals surface area contributed by atoms with E-state index in [2.05, 4.69) is 10.1 Å². The molecular formula is C10H9IN2O2. The van der Waals surface area contributed by atoms with Crippen LogP contribution in [0.1, 0.15) is 6.92 Å². The highest BCUT2D eigenvalue weighted by molar-refractivity contribution is 14.1. The molecule has 5 heteroatoms. The van der Waals surface area contributed by atoms with E-state index in [9.17, 15) is 0 Å². The number of nitrogens with zero attached hydrogens (tertiary/aromatic N) is 2. The van der Waals surface area contributed by atoms with Gasteiger partial charge in [-0.1, -0.05) is 5.16 Å². The number of aromatic nitrogens is 2. The molecule has 0 saturated carbocycles. The van der Waals surface area contributed by atoms with E-state index in [4.69, 9.17) is 9.26 Å². The van der Waals surface area contributed by atoms with Crippen molar-refractivity contribution >= 4 is 22.6 Å². The number of hydrogen-bond acceptors (Lipinski definition) is 4. The van der Waals surface area contributed by atoms with Gasteiger partial charge in [-0.15, -0.1) is 0 Å². The summed E-state index contributed by atoms with van der Waals surface area (Å²) < 4.78 is 11.0. The Morgan fingerprint density at radius 3 is 2.60 bits per heavy atom.